The predicted molar refractivity (Wildman–Crippen MR) is 125 cm³/mol. The molecule has 0 aliphatic carbocycles. The zero-order valence-electron chi connectivity index (χ0n) is 18.6. The lowest BCUT2D eigenvalue weighted by Gasteiger charge is -2.09. The van der Waals surface area contributed by atoms with Crippen LogP contribution in [-0.2, 0) is 6.54 Å². The summed E-state index contributed by atoms with van der Waals surface area (Å²) >= 11 is 0. The van der Waals surface area contributed by atoms with Crippen LogP contribution in [-0.4, -0.2) is 35.0 Å². The van der Waals surface area contributed by atoms with Crippen LogP contribution < -0.4 is 5.69 Å². The van der Waals surface area contributed by atoms with E-state index in [2.05, 4.69) is 51.7 Å². The summed E-state index contributed by atoms with van der Waals surface area (Å²) in [6.07, 6.45) is 5.69. The highest BCUT2D eigenvalue weighted by Crippen LogP contribution is 2.29. The Hall–Kier alpha value is -3.81. The first-order valence-corrected chi connectivity index (χ1v) is 10.9. The molecule has 0 radical (unpaired) electrons. The third-order valence-corrected chi connectivity index (χ3v) is 5.56. The lowest BCUT2D eigenvalue weighted by molar-refractivity contribution is 0.457. The molecule has 32 heavy (non-hydrogen) atoms. The minimum Gasteiger partial charge on any atom is -0.271 e. The number of hydrogen-bond donors (Lipinski definition) is 1. The van der Waals surface area contributed by atoms with E-state index in [9.17, 15) is 4.79 Å². The Morgan fingerprint density at radius 3 is 2.47 bits per heavy atom. The van der Waals surface area contributed by atoms with Crippen molar-refractivity contribution in [2.75, 3.05) is 0 Å². The molecule has 1 atom stereocenters. The molecule has 164 valence electrons. The van der Waals surface area contributed by atoms with E-state index < -0.39 is 0 Å². The zero-order valence-corrected chi connectivity index (χ0v) is 18.6. The molecule has 0 spiro atoms. The van der Waals surface area contributed by atoms with Crippen LogP contribution in [0.15, 0.2) is 59.4 Å². The molecule has 4 rings (SSSR count). The fourth-order valence-corrected chi connectivity index (χ4v) is 3.57. The van der Waals surface area contributed by atoms with Crippen molar-refractivity contribution in [3.8, 4) is 22.5 Å². The molecule has 0 aliphatic heterocycles. The van der Waals surface area contributed by atoms with Gasteiger partial charge in [0, 0.05) is 5.56 Å². The van der Waals surface area contributed by atoms with Crippen molar-refractivity contribution in [3.05, 3.63) is 76.5 Å². The number of H-pyrrole nitrogens is 1. The number of nitrogens with zero attached hydrogens (tertiary/aromatic N) is 6. The highest BCUT2D eigenvalue weighted by atomic mass is 16.2. The van der Waals surface area contributed by atoms with Crippen molar-refractivity contribution in [2.24, 2.45) is 0 Å². The van der Waals surface area contributed by atoms with Crippen molar-refractivity contribution >= 4 is 6.08 Å². The minimum atomic E-state index is -0.0812. The molecular weight excluding hydrogens is 402 g/mol. The summed E-state index contributed by atoms with van der Waals surface area (Å²) < 4.78 is 3.33. The Labute approximate surface area is 186 Å². The van der Waals surface area contributed by atoms with Crippen LogP contribution >= 0.6 is 0 Å². The van der Waals surface area contributed by atoms with Crippen LogP contribution in [0.5, 0.6) is 0 Å². The summed E-state index contributed by atoms with van der Waals surface area (Å²) in [4.78, 5) is 13.0. The Balaban J connectivity index is 1.65. The highest BCUT2D eigenvalue weighted by Gasteiger charge is 2.16. The zero-order chi connectivity index (χ0) is 22.5. The monoisotopic (exact) mass is 429 g/mol. The molecule has 2 aromatic carbocycles. The lowest BCUT2D eigenvalue weighted by atomic mass is 9.98. The normalized spacial score (nSPS) is 12.5. The first-order valence-electron chi connectivity index (χ1n) is 10.9. The fraction of sp³-hybridized carbons (Fsp3) is 0.292. The number of nitrogens with one attached hydrogen (secondary N) is 1. The molecular formula is C24H27N7O. The van der Waals surface area contributed by atoms with Gasteiger partial charge < -0.3 is 0 Å². The number of allylic oxidation sites excluding steroid dienone is 1. The van der Waals surface area contributed by atoms with Gasteiger partial charge in [0.2, 0.25) is 0 Å². The molecule has 0 bridgehead atoms. The molecule has 1 N–H and O–H groups in total. The summed E-state index contributed by atoms with van der Waals surface area (Å²) in [5.41, 5.74) is 3.97. The number of benzene rings is 2. The lowest BCUT2D eigenvalue weighted by Crippen LogP contribution is -2.27. The van der Waals surface area contributed by atoms with E-state index in [0.29, 0.717) is 18.2 Å². The van der Waals surface area contributed by atoms with Crippen LogP contribution in [0.4, 0.5) is 0 Å². The van der Waals surface area contributed by atoms with Crippen LogP contribution in [0, 0.1) is 0 Å². The SMILES string of the molecule is CC/C=C/c1nn(C(C)CC)c(=O)n1Cc1ccc(-c2ccccc2-c2nnn[nH]2)cc1. The van der Waals surface area contributed by atoms with Gasteiger partial charge in [0.15, 0.2) is 11.6 Å². The van der Waals surface area contributed by atoms with Gasteiger partial charge in [-0.3, -0.25) is 4.57 Å². The van der Waals surface area contributed by atoms with Crippen LogP contribution in [0.2, 0.25) is 0 Å². The third-order valence-electron chi connectivity index (χ3n) is 5.56. The van der Waals surface area contributed by atoms with Gasteiger partial charge in [-0.05, 0) is 53.0 Å². The molecule has 8 nitrogen and oxygen atoms in total. The van der Waals surface area contributed by atoms with Crippen molar-refractivity contribution in [2.45, 2.75) is 46.2 Å². The average Bonchev–Trinajstić information content (AvgIpc) is 3.47. The number of hydrogen-bond acceptors (Lipinski definition) is 5. The Kier molecular flexibility index (Phi) is 6.39. The summed E-state index contributed by atoms with van der Waals surface area (Å²) in [5.74, 6) is 1.31. The number of aromatic amines is 1. The van der Waals surface area contributed by atoms with Gasteiger partial charge in [-0.15, -0.1) is 5.10 Å². The molecule has 1 unspecified atom stereocenters. The highest BCUT2D eigenvalue weighted by molar-refractivity contribution is 5.80. The van der Waals surface area contributed by atoms with Gasteiger partial charge in [-0.25, -0.2) is 14.6 Å². The number of rotatable bonds is 8. The Morgan fingerprint density at radius 1 is 1.06 bits per heavy atom. The molecule has 2 aromatic heterocycles. The summed E-state index contributed by atoms with van der Waals surface area (Å²) in [7, 11) is 0. The summed E-state index contributed by atoms with van der Waals surface area (Å²) in [5, 5.41) is 18.8. The molecule has 0 saturated carbocycles. The van der Waals surface area contributed by atoms with E-state index in [1.165, 1.54) is 0 Å². The van der Waals surface area contributed by atoms with E-state index in [1.807, 2.05) is 55.5 Å². The van der Waals surface area contributed by atoms with E-state index in [1.54, 1.807) is 9.25 Å². The standard InChI is InChI=1S/C24H27N7O/c1-4-6-11-22-27-31(17(3)5-2)24(32)30(22)16-18-12-14-19(15-13-18)20-9-7-8-10-21(20)23-25-28-29-26-23/h6-15,17H,4-5,16H2,1-3H3,(H,25,26,28,29)/b11-6+. The van der Waals surface area contributed by atoms with Crippen LogP contribution in [0.3, 0.4) is 0 Å². The van der Waals surface area contributed by atoms with E-state index in [4.69, 9.17) is 0 Å². The summed E-state index contributed by atoms with van der Waals surface area (Å²) in [6, 6.07) is 16.3. The molecule has 0 amide bonds. The topological polar surface area (TPSA) is 94.3 Å². The Morgan fingerprint density at radius 2 is 1.81 bits per heavy atom. The van der Waals surface area contributed by atoms with Crippen LogP contribution in [0.25, 0.3) is 28.6 Å². The van der Waals surface area contributed by atoms with Gasteiger partial charge in [0.25, 0.3) is 0 Å². The fourth-order valence-electron chi connectivity index (χ4n) is 3.57. The van der Waals surface area contributed by atoms with Gasteiger partial charge in [-0.1, -0.05) is 68.5 Å². The maximum absolute atomic E-state index is 13.0. The maximum Gasteiger partial charge on any atom is 0.346 e. The average molecular weight is 430 g/mol. The number of aromatic nitrogens is 7. The van der Waals surface area contributed by atoms with Crippen molar-refractivity contribution in [1.29, 1.82) is 0 Å². The molecule has 0 aliphatic rings. The Bertz CT molecular complexity index is 1250. The number of tetrazole rings is 1. The molecule has 4 aromatic rings. The van der Waals surface area contributed by atoms with Crippen molar-refractivity contribution in [1.82, 2.24) is 35.0 Å². The molecule has 0 saturated heterocycles. The van der Waals surface area contributed by atoms with Crippen LogP contribution in [0.1, 0.15) is 51.0 Å². The van der Waals surface area contributed by atoms with E-state index >= 15 is 0 Å². The third kappa shape index (κ3) is 4.30. The molecule has 0 fully saturated rings. The first-order chi connectivity index (χ1) is 15.6. The second-order valence-corrected chi connectivity index (χ2v) is 7.73. The predicted octanol–water partition coefficient (Wildman–Crippen LogP) is 4.33. The van der Waals surface area contributed by atoms with Crippen molar-refractivity contribution < 1.29 is 0 Å². The molecule has 8 heteroatoms. The molecule has 2 heterocycles. The van der Waals surface area contributed by atoms with Gasteiger partial charge in [0.05, 0.1) is 12.6 Å². The first kappa shape index (κ1) is 21.4. The van der Waals surface area contributed by atoms with E-state index in [0.717, 1.165) is 35.1 Å². The largest absolute Gasteiger partial charge is 0.346 e. The second kappa shape index (κ2) is 9.55. The summed E-state index contributed by atoms with van der Waals surface area (Å²) in [6.45, 7) is 6.61. The maximum atomic E-state index is 13.0. The quantitative estimate of drug-likeness (QED) is 0.450. The smallest absolute Gasteiger partial charge is 0.271 e. The van der Waals surface area contributed by atoms with Gasteiger partial charge in [0.1, 0.15) is 0 Å². The van der Waals surface area contributed by atoms with E-state index in [-0.39, 0.29) is 11.7 Å². The van der Waals surface area contributed by atoms with Gasteiger partial charge in [-0.2, -0.15) is 5.10 Å². The second-order valence-electron chi connectivity index (χ2n) is 7.73. The van der Waals surface area contributed by atoms with Crippen molar-refractivity contribution in [3.63, 3.8) is 0 Å². The minimum absolute atomic E-state index is 0.0574. The van der Waals surface area contributed by atoms with Gasteiger partial charge >= 0.3 is 5.69 Å².